The molecule has 0 amide bonds. The topological polar surface area (TPSA) is 80.4 Å². The second kappa shape index (κ2) is 5.35. The molecule has 0 aromatic heterocycles. The Balaban J connectivity index is 2.33. The van der Waals surface area contributed by atoms with Crippen molar-refractivity contribution >= 4 is 15.5 Å². The minimum Gasteiger partial charge on any atom is -0.399 e. The predicted molar refractivity (Wildman–Crippen MR) is 91.0 cm³/mol. The molecule has 23 heavy (non-hydrogen) atoms. The lowest BCUT2D eigenvalue weighted by molar-refractivity contribution is 0.0521. The van der Waals surface area contributed by atoms with Crippen LogP contribution in [0, 0.1) is 5.41 Å². The van der Waals surface area contributed by atoms with Gasteiger partial charge in [0, 0.05) is 17.0 Å². The Morgan fingerprint density at radius 2 is 1.78 bits per heavy atom. The van der Waals surface area contributed by atoms with Crippen molar-refractivity contribution in [2.24, 2.45) is 5.41 Å². The highest BCUT2D eigenvalue weighted by Crippen LogP contribution is 2.44. The molecule has 0 radical (unpaired) electrons. The van der Waals surface area contributed by atoms with Gasteiger partial charge in [0.2, 0.25) is 0 Å². The summed E-state index contributed by atoms with van der Waals surface area (Å²) in [6.45, 7) is 3.58. The monoisotopic (exact) mass is 331 g/mol. The fourth-order valence-corrected chi connectivity index (χ4v) is 5.52. The number of sulfone groups is 1. The van der Waals surface area contributed by atoms with Crippen LogP contribution in [0.15, 0.2) is 53.4 Å². The molecule has 1 heterocycles. The maximum atomic E-state index is 12.8. The normalized spacial score (nSPS) is 25.3. The molecule has 1 aliphatic rings. The molecule has 0 bridgehead atoms. The molecular formula is C18H21NO3S. The van der Waals surface area contributed by atoms with Gasteiger partial charge in [0.05, 0.1) is 16.8 Å². The Hall–Kier alpha value is -1.85. The molecule has 0 unspecified atom stereocenters. The van der Waals surface area contributed by atoms with Crippen LogP contribution in [0.4, 0.5) is 5.69 Å². The van der Waals surface area contributed by atoms with Crippen LogP contribution in [-0.2, 0) is 9.84 Å². The van der Waals surface area contributed by atoms with Crippen LogP contribution in [-0.4, -0.2) is 25.4 Å². The summed E-state index contributed by atoms with van der Waals surface area (Å²) in [6, 6.07) is 14.3. The molecule has 2 atom stereocenters. The summed E-state index contributed by atoms with van der Waals surface area (Å²) in [7, 11) is -3.49. The van der Waals surface area contributed by atoms with E-state index in [0.717, 1.165) is 5.56 Å². The molecule has 0 saturated carbocycles. The summed E-state index contributed by atoms with van der Waals surface area (Å²) in [6.07, 6.45) is -0.831. The fourth-order valence-electron chi connectivity index (χ4n) is 3.39. The largest absolute Gasteiger partial charge is 0.399 e. The summed E-state index contributed by atoms with van der Waals surface area (Å²) in [5.74, 6) is -0.525. The number of hydrogen-bond acceptors (Lipinski definition) is 4. The zero-order chi connectivity index (χ0) is 16.8. The predicted octanol–water partition coefficient (Wildman–Crippen LogP) is 2.58. The number of nitrogens with two attached hydrogens (primary N) is 1. The van der Waals surface area contributed by atoms with E-state index < -0.39 is 27.3 Å². The Labute approximate surface area is 136 Å². The highest BCUT2D eigenvalue weighted by molar-refractivity contribution is 7.91. The molecule has 5 heteroatoms. The van der Waals surface area contributed by atoms with Gasteiger partial charge < -0.3 is 10.8 Å². The highest BCUT2D eigenvalue weighted by atomic mass is 32.2. The zero-order valence-corrected chi connectivity index (χ0v) is 14.0. The van der Waals surface area contributed by atoms with Crippen molar-refractivity contribution in [1.82, 2.24) is 0 Å². The molecule has 122 valence electrons. The van der Waals surface area contributed by atoms with Crippen LogP contribution >= 0.6 is 0 Å². The highest BCUT2D eigenvalue weighted by Gasteiger charge is 2.44. The summed E-state index contributed by atoms with van der Waals surface area (Å²) in [5, 5.41) is 11.0. The number of fused-ring (bicyclic) bond motifs is 1. The molecular weight excluding hydrogens is 310 g/mol. The lowest BCUT2D eigenvalue weighted by atomic mass is 9.75. The van der Waals surface area contributed by atoms with E-state index in [1.807, 2.05) is 30.3 Å². The van der Waals surface area contributed by atoms with Gasteiger partial charge in [-0.2, -0.15) is 0 Å². The van der Waals surface area contributed by atoms with Gasteiger partial charge in [0.15, 0.2) is 9.84 Å². The van der Waals surface area contributed by atoms with Crippen molar-refractivity contribution in [1.29, 1.82) is 0 Å². The first kappa shape index (κ1) is 16.0. The first-order chi connectivity index (χ1) is 10.7. The number of rotatable bonds is 1. The van der Waals surface area contributed by atoms with Crippen LogP contribution in [0.2, 0.25) is 0 Å². The molecule has 1 aliphatic heterocycles. The van der Waals surface area contributed by atoms with Crippen molar-refractivity contribution in [3.63, 3.8) is 0 Å². The Morgan fingerprint density at radius 1 is 1.13 bits per heavy atom. The molecule has 3 N–H and O–H groups in total. The molecule has 0 spiro atoms. The van der Waals surface area contributed by atoms with Gasteiger partial charge in [-0.15, -0.1) is 0 Å². The molecule has 3 rings (SSSR count). The lowest BCUT2D eigenvalue weighted by Crippen LogP contribution is -2.37. The number of nitrogen functional groups attached to an aromatic ring is 1. The van der Waals surface area contributed by atoms with E-state index in [9.17, 15) is 13.5 Å². The first-order valence-electron chi connectivity index (χ1n) is 7.57. The second-order valence-corrected chi connectivity index (χ2v) is 8.84. The SMILES string of the molecule is CC1(C)CS(=O)(=O)c2ccc(N)cc2[C@@H](c2ccccc2)[C@H]1O. The minimum absolute atomic E-state index is 0.0958. The van der Waals surface area contributed by atoms with Crippen molar-refractivity contribution in [2.45, 2.75) is 30.8 Å². The van der Waals surface area contributed by atoms with E-state index in [1.165, 1.54) is 0 Å². The average molecular weight is 331 g/mol. The summed E-state index contributed by atoms with van der Waals surface area (Å²) >= 11 is 0. The van der Waals surface area contributed by atoms with E-state index in [-0.39, 0.29) is 10.6 Å². The zero-order valence-electron chi connectivity index (χ0n) is 13.2. The van der Waals surface area contributed by atoms with E-state index >= 15 is 0 Å². The van der Waals surface area contributed by atoms with Gasteiger partial charge in [-0.25, -0.2) is 8.42 Å². The smallest absolute Gasteiger partial charge is 0.179 e. The standard InChI is InChI=1S/C18H21NO3S/c1-18(2)11-23(21,22)15-9-8-13(19)10-14(15)16(17(18)20)12-6-4-3-5-7-12/h3-10,16-17,20H,11,19H2,1-2H3/t16-,17-/m1/s1. The molecule has 0 aliphatic carbocycles. The molecule has 0 fully saturated rings. The Morgan fingerprint density at radius 3 is 2.43 bits per heavy atom. The summed E-state index contributed by atoms with van der Waals surface area (Å²) in [5.41, 5.74) is 7.08. The molecule has 4 nitrogen and oxygen atoms in total. The van der Waals surface area contributed by atoms with Gasteiger partial charge >= 0.3 is 0 Å². The van der Waals surface area contributed by atoms with Crippen molar-refractivity contribution < 1.29 is 13.5 Å². The van der Waals surface area contributed by atoms with Gasteiger partial charge in [-0.05, 0) is 29.3 Å². The van der Waals surface area contributed by atoms with Crippen LogP contribution in [0.5, 0.6) is 0 Å². The van der Waals surface area contributed by atoms with Crippen molar-refractivity contribution in [3.05, 3.63) is 59.7 Å². The van der Waals surface area contributed by atoms with Gasteiger partial charge in [-0.1, -0.05) is 44.2 Å². The van der Waals surface area contributed by atoms with E-state index in [0.29, 0.717) is 11.3 Å². The molecule has 0 saturated heterocycles. The van der Waals surface area contributed by atoms with Gasteiger partial charge in [0.1, 0.15) is 0 Å². The first-order valence-corrected chi connectivity index (χ1v) is 9.23. The van der Waals surface area contributed by atoms with E-state index in [1.54, 1.807) is 32.0 Å². The average Bonchev–Trinajstić information content (AvgIpc) is 2.52. The van der Waals surface area contributed by atoms with E-state index in [4.69, 9.17) is 5.73 Å². The van der Waals surface area contributed by atoms with Crippen LogP contribution in [0.1, 0.15) is 30.9 Å². The third-order valence-corrected chi connectivity index (χ3v) is 6.71. The van der Waals surface area contributed by atoms with Crippen LogP contribution in [0.25, 0.3) is 0 Å². The quantitative estimate of drug-likeness (QED) is 0.787. The molecule has 2 aromatic carbocycles. The maximum Gasteiger partial charge on any atom is 0.179 e. The number of hydrogen-bond donors (Lipinski definition) is 2. The second-order valence-electron chi connectivity index (χ2n) is 6.88. The summed E-state index contributed by atoms with van der Waals surface area (Å²) < 4.78 is 25.6. The maximum absolute atomic E-state index is 12.8. The van der Waals surface area contributed by atoms with Crippen LogP contribution in [0.3, 0.4) is 0 Å². The molecule has 2 aromatic rings. The van der Waals surface area contributed by atoms with Gasteiger partial charge in [0.25, 0.3) is 0 Å². The minimum atomic E-state index is -3.49. The Bertz CT molecular complexity index is 829. The van der Waals surface area contributed by atoms with Gasteiger partial charge in [-0.3, -0.25) is 0 Å². The third-order valence-electron chi connectivity index (χ3n) is 4.54. The third kappa shape index (κ3) is 2.75. The number of aliphatic hydroxyl groups is 1. The summed E-state index contributed by atoms with van der Waals surface area (Å²) in [4.78, 5) is 0.269. The lowest BCUT2D eigenvalue weighted by Gasteiger charge is -2.33. The van der Waals surface area contributed by atoms with Crippen molar-refractivity contribution in [2.75, 3.05) is 11.5 Å². The fraction of sp³-hybridized carbons (Fsp3) is 0.333. The number of benzene rings is 2. The number of aliphatic hydroxyl groups excluding tert-OH is 1. The van der Waals surface area contributed by atoms with E-state index in [2.05, 4.69) is 0 Å². The van der Waals surface area contributed by atoms with Crippen LogP contribution < -0.4 is 5.73 Å². The number of anilines is 1. The Kier molecular flexibility index (Phi) is 3.73. The van der Waals surface area contributed by atoms with Crippen molar-refractivity contribution in [3.8, 4) is 0 Å².